The minimum absolute atomic E-state index is 0.189. The quantitative estimate of drug-likeness (QED) is 0.708. The van der Waals surface area contributed by atoms with Crippen LogP contribution in [0.25, 0.3) is 0 Å². The van der Waals surface area contributed by atoms with E-state index in [4.69, 9.17) is 4.74 Å². The van der Waals surface area contributed by atoms with E-state index in [1.54, 1.807) is 0 Å². The van der Waals surface area contributed by atoms with E-state index in [0.29, 0.717) is 6.61 Å². The molecule has 2 atom stereocenters. The Balaban J connectivity index is 2.20. The third-order valence-electron chi connectivity index (χ3n) is 2.85. The molecule has 0 fully saturated rings. The zero-order chi connectivity index (χ0) is 14.1. The van der Waals surface area contributed by atoms with E-state index in [1.165, 1.54) is 0 Å². The van der Waals surface area contributed by atoms with Crippen LogP contribution in [0, 0.1) is 0 Å². The number of hydrogen-bond donors (Lipinski definition) is 2. The number of carbonyl (C=O) groups excluding carboxylic acids is 1. The number of hydrogen-bond acceptors (Lipinski definition) is 4. The molecule has 4 nitrogen and oxygen atoms in total. The van der Waals surface area contributed by atoms with Crippen LogP contribution in [0.4, 0.5) is 5.69 Å². The molecule has 0 heterocycles. The highest BCUT2D eigenvalue weighted by atomic mass is 16.5. The summed E-state index contributed by atoms with van der Waals surface area (Å²) in [6.45, 7) is 7.02. The van der Waals surface area contributed by atoms with Crippen LogP contribution in [0.5, 0.6) is 0 Å². The van der Waals surface area contributed by atoms with Gasteiger partial charge in [-0.25, -0.2) is 0 Å². The lowest BCUT2D eigenvalue weighted by molar-refractivity contribution is -0.145. The molecule has 1 rings (SSSR count). The molecule has 2 N–H and O–H groups in total. The highest BCUT2D eigenvalue weighted by Gasteiger charge is 2.15. The Hall–Kier alpha value is -1.55. The summed E-state index contributed by atoms with van der Waals surface area (Å²) in [5, 5.41) is 6.58. The predicted octanol–water partition coefficient (Wildman–Crippen LogP) is 2.42. The molecule has 0 radical (unpaired) electrons. The Bertz CT molecular complexity index is 368. The summed E-state index contributed by atoms with van der Waals surface area (Å²) >= 11 is 0. The molecule has 0 bridgehead atoms. The molecular weight excluding hydrogens is 240 g/mol. The van der Waals surface area contributed by atoms with Gasteiger partial charge in [0.25, 0.3) is 0 Å². The number of rotatable bonds is 8. The van der Waals surface area contributed by atoms with Crippen molar-refractivity contribution in [1.29, 1.82) is 0 Å². The maximum absolute atomic E-state index is 11.5. The van der Waals surface area contributed by atoms with Crippen LogP contribution < -0.4 is 10.6 Å². The summed E-state index contributed by atoms with van der Waals surface area (Å²) < 4.78 is 4.96. The van der Waals surface area contributed by atoms with Gasteiger partial charge in [-0.05, 0) is 39.3 Å². The largest absolute Gasteiger partial charge is 0.465 e. The molecule has 0 amide bonds. The Morgan fingerprint density at radius 1 is 1.26 bits per heavy atom. The molecule has 4 heteroatoms. The van der Waals surface area contributed by atoms with Crippen molar-refractivity contribution in [3.8, 4) is 0 Å². The van der Waals surface area contributed by atoms with Crippen LogP contribution >= 0.6 is 0 Å². The molecule has 1 aromatic carbocycles. The molecule has 0 aliphatic heterocycles. The van der Waals surface area contributed by atoms with Gasteiger partial charge in [0.1, 0.15) is 6.04 Å². The summed E-state index contributed by atoms with van der Waals surface area (Å²) in [7, 11) is 0. The van der Waals surface area contributed by atoms with Crippen LogP contribution in [0.15, 0.2) is 30.3 Å². The van der Waals surface area contributed by atoms with Gasteiger partial charge < -0.3 is 15.4 Å². The predicted molar refractivity (Wildman–Crippen MR) is 78.2 cm³/mol. The molecule has 0 saturated carbocycles. The van der Waals surface area contributed by atoms with Crippen molar-refractivity contribution >= 4 is 11.7 Å². The average Bonchev–Trinajstić information content (AvgIpc) is 2.40. The van der Waals surface area contributed by atoms with Crippen LogP contribution in [0.2, 0.25) is 0 Å². The lowest BCUT2D eigenvalue weighted by Gasteiger charge is -2.19. The Morgan fingerprint density at radius 2 is 1.95 bits per heavy atom. The van der Waals surface area contributed by atoms with Gasteiger partial charge in [-0.2, -0.15) is 0 Å². The lowest BCUT2D eigenvalue weighted by atomic mass is 10.2. The first-order valence-electron chi connectivity index (χ1n) is 6.85. The third kappa shape index (κ3) is 6.25. The van der Waals surface area contributed by atoms with Crippen LogP contribution in [0.1, 0.15) is 27.2 Å². The van der Waals surface area contributed by atoms with E-state index >= 15 is 0 Å². The van der Waals surface area contributed by atoms with Gasteiger partial charge in [0.2, 0.25) is 0 Å². The van der Waals surface area contributed by atoms with E-state index in [-0.39, 0.29) is 18.1 Å². The minimum Gasteiger partial charge on any atom is -0.465 e. The van der Waals surface area contributed by atoms with Crippen molar-refractivity contribution < 1.29 is 9.53 Å². The van der Waals surface area contributed by atoms with Gasteiger partial charge in [-0.15, -0.1) is 0 Å². The molecule has 0 aliphatic rings. The summed E-state index contributed by atoms with van der Waals surface area (Å²) in [6.07, 6.45) is 0.943. The van der Waals surface area contributed by atoms with Gasteiger partial charge in [0, 0.05) is 18.3 Å². The Morgan fingerprint density at radius 3 is 2.58 bits per heavy atom. The maximum Gasteiger partial charge on any atom is 0.322 e. The first kappa shape index (κ1) is 15.5. The molecule has 2 unspecified atom stereocenters. The van der Waals surface area contributed by atoms with Crippen molar-refractivity contribution in [3.05, 3.63) is 30.3 Å². The maximum atomic E-state index is 11.5. The van der Waals surface area contributed by atoms with Crippen LogP contribution in [-0.2, 0) is 9.53 Å². The normalized spacial score (nSPS) is 13.6. The second-order valence-corrected chi connectivity index (χ2v) is 4.62. The Labute approximate surface area is 115 Å². The van der Waals surface area contributed by atoms with Gasteiger partial charge >= 0.3 is 5.97 Å². The minimum atomic E-state index is -0.258. The topological polar surface area (TPSA) is 50.4 Å². The van der Waals surface area contributed by atoms with Crippen molar-refractivity contribution in [2.45, 2.75) is 39.3 Å². The lowest BCUT2D eigenvalue weighted by Crippen LogP contribution is -2.41. The monoisotopic (exact) mass is 264 g/mol. The van der Waals surface area contributed by atoms with E-state index in [2.05, 4.69) is 17.6 Å². The molecule has 106 valence electrons. The number of esters is 1. The van der Waals surface area contributed by atoms with E-state index in [0.717, 1.165) is 18.7 Å². The van der Waals surface area contributed by atoms with E-state index in [9.17, 15) is 4.79 Å². The molecule has 19 heavy (non-hydrogen) atoms. The molecule has 1 aromatic rings. The van der Waals surface area contributed by atoms with Crippen molar-refractivity contribution in [2.24, 2.45) is 0 Å². The molecule has 0 aliphatic carbocycles. The molecular formula is C15H24N2O2. The third-order valence-corrected chi connectivity index (χ3v) is 2.85. The first-order valence-corrected chi connectivity index (χ1v) is 6.85. The number of nitrogens with one attached hydrogen (secondary N) is 2. The van der Waals surface area contributed by atoms with Crippen LogP contribution in [0.3, 0.4) is 0 Å². The number of carbonyl (C=O) groups is 1. The Kier molecular flexibility index (Phi) is 6.97. The SMILES string of the molecule is CCOC(=O)C(C)NC(C)CCNc1ccccc1. The smallest absolute Gasteiger partial charge is 0.322 e. The van der Waals surface area contributed by atoms with Gasteiger partial charge in [-0.3, -0.25) is 4.79 Å². The summed E-state index contributed by atoms with van der Waals surface area (Å²) in [6, 6.07) is 10.1. The number of anilines is 1. The number of ether oxygens (including phenoxy) is 1. The number of benzene rings is 1. The standard InChI is InChI=1S/C15H24N2O2/c1-4-19-15(18)13(3)17-12(2)10-11-16-14-8-6-5-7-9-14/h5-9,12-13,16-17H,4,10-11H2,1-3H3. The second kappa shape index (κ2) is 8.53. The fourth-order valence-corrected chi connectivity index (χ4v) is 1.83. The highest BCUT2D eigenvalue weighted by molar-refractivity contribution is 5.75. The fourth-order valence-electron chi connectivity index (χ4n) is 1.83. The summed E-state index contributed by atoms with van der Waals surface area (Å²) in [4.78, 5) is 11.5. The fraction of sp³-hybridized carbons (Fsp3) is 0.533. The van der Waals surface area contributed by atoms with E-state index < -0.39 is 0 Å². The number of para-hydroxylation sites is 1. The zero-order valence-electron chi connectivity index (χ0n) is 12.0. The van der Waals surface area contributed by atoms with Crippen molar-refractivity contribution in [2.75, 3.05) is 18.5 Å². The molecule has 0 spiro atoms. The van der Waals surface area contributed by atoms with E-state index in [1.807, 2.05) is 44.2 Å². The average molecular weight is 264 g/mol. The van der Waals surface area contributed by atoms with Gasteiger partial charge in [-0.1, -0.05) is 18.2 Å². The second-order valence-electron chi connectivity index (χ2n) is 4.62. The van der Waals surface area contributed by atoms with Crippen LogP contribution in [-0.4, -0.2) is 31.2 Å². The molecule has 0 aromatic heterocycles. The van der Waals surface area contributed by atoms with Crippen molar-refractivity contribution in [3.63, 3.8) is 0 Å². The van der Waals surface area contributed by atoms with Crippen molar-refractivity contribution in [1.82, 2.24) is 5.32 Å². The summed E-state index contributed by atoms with van der Waals surface area (Å²) in [5.41, 5.74) is 1.12. The molecule has 0 saturated heterocycles. The zero-order valence-corrected chi connectivity index (χ0v) is 12.0. The van der Waals surface area contributed by atoms with Gasteiger partial charge in [0.05, 0.1) is 6.61 Å². The first-order chi connectivity index (χ1) is 9.13. The summed E-state index contributed by atoms with van der Waals surface area (Å²) in [5.74, 6) is -0.189. The van der Waals surface area contributed by atoms with Gasteiger partial charge in [0.15, 0.2) is 0 Å². The highest BCUT2D eigenvalue weighted by Crippen LogP contribution is 2.05.